The first-order valence-electron chi connectivity index (χ1n) is 9.35. The third kappa shape index (κ3) is 3.75. The lowest BCUT2D eigenvalue weighted by molar-refractivity contribution is -0.118. The quantitative estimate of drug-likeness (QED) is 0.507. The van der Waals surface area contributed by atoms with Crippen LogP contribution < -0.4 is 16.1 Å². The van der Waals surface area contributed by atoms with Gasteiger partial charge in [-0.3, -0.25) is 19.1 Å². The van der Waals surface area contributed by atoms with E-state index < -0.39 is 11.2 Å². The van der Waals surface area contributed by atoms with Crippen molar-refractivity contribution in [2.75, 3.05) is 11.9 Å². The first-order valence-corrected chi connectivity index (χ1v) is 9.35. The van der Waals surface area contributed by atoms with Gasteiger partial charge < -0.3 is 9.47 Å². The summed E-state index contributed by atoms with van der Waals surface area (Å²) in [6.45, 7) is 0.0523. The normalized spacial score (nSPS) is 10.8. The number of anilines is 1. The zero-order valence-electron chi connectivity index (χ0n) is 16.3. The third-order valence-electron chi connectivity index (χ3n) is 4.86. The zero-order valence-corrected chi connectivity index (χ0v) is 16.3. The molecule has 1 aromatic carbocycles. The van der Waals surface area contributed by atoms with E-state index >= 15 is 0 Å². The summed E-state index contributed by atoms with van der Waals surface area (Å²) < 4.78 is 2.61. The minimum absolute atomic E-state index is 0.0526. The zero-order chi connectivity index (χ0) is 21.1. The maximum Gasteiger partial charge on any atom is 0.352 e. The van der Waals surface area contributed by atoms with Gasteiger partial charge in [-0.05, 0) is 42.0 Å². The molecular weight excluding hydrogens is 382 g/mol. The van der Waals surface area contributed by atoms with Crippen molar-refractivity contribution in [3.05, 3.63) is 99.6 Å². The molecule has 0 fully saturated rings. The van der Waals surface area contributed by atoms with Gasteiger partial charge in [0.05, 0.1) is 12.1 Å². The molecule has 150 valence electrons. The first-order chi connectivity index (χ1) is 14.5. The Bertz CT molecular complexity index is 1270. The molecule has 8 heteroatoms. The Labute approximate surface area is 172 Å². The van der Waals surface area contributed by atoms with Gasteiger partial charge in [0, 0.05) is 31.3 Å². The molecule has 1 amide bonds. The van der Waals surface area contributed by atoms with Gasteiger partial charge in [0.1, 0.15) is 6.54 Å². The maximum absolute atomic E-state index is 12.9. The highest BCUT2D eigenvalue weighted by molar-refractivity contribution is 5.92. The van der Waals surface area contributed by atoms with Gasteiger partial charge in [-0.15, -0.1) is 0 Å². The molecule has 0 N–H and O–H groups in total. The van der Waals surface area contributed by atoms with E-state index in [2.05, 4.69) is 9.97 Å². The van der Waals surface area contributed by atoms with Crippen LogP contribution in [-0.2, 0) is 17.9 Å². The number of fused-ring (bicyclic) bond motifs is 1. The Morgan fingerprint density at radius 2 is 1.73 bits per heavy atom. The van der Waals surface area contributed by atoms with Crippen molar-refractivity contribution in [2.24, 2.45) is 0 Å². The molecule has 0 saturated heterocycles. The minimum Gasteiger partial charge on any atom is -0.323 e. The van der Waals surface area contributed by atoms with E-state index in [-0.39, 0.29) is 30.4 Å². The summed E-state index contributed by atoms with van der Waals surface area (Å²) in [6.07, 6.45) is 4.84. The van der Waals surface area contributed by atoms with E-state index in [1.807, 2.05) is 30.3 Å². The molecule has 2 aliphatic heterocycles. The molecule has 0 spiro atoms. The Balaban J connectivity index is 1.68. The molecule has 4 rings (SSSR count). The molecule has 3 heterocycles. The SMILES string of the molecule is CN(C(=O)Cn1cccc2c(=O)n(Cc3ccncc3)c(=O)nc1-2)c1ccccc1. The topological polar surface area (TPSA) is 90.1 Å². The van der Waals surface area contributed by atoms with Crippen LogP contribution in [0, 0.1) is 0 Å². The highest BCUT2D eigenvalue weighted by atomic mass is 16.2. The number of likely N-dealkylation sites (N-methyl/N-ethyl adjacent to an activating group) is 1. The van der Waals surface area contributed by atoms with Gasteiger partial charge >= 0.3 is 5.69 Å². The molecule has 2 aliphatic rings. The first kappa shape index (κ1) is 19.3. The van der Waals surface area contributed by atoms with E-state index in [0.29, 0.717) is 0 Å². The van der Waals surface area contributed by atoms with Gasteiger partial charge in [-0.1, -0.05) is 18.2 Å². The summed E-state index contributed by atoms with van der Waals surface area (Å²) in [5.41, 5.74) is 0.698. The van der Waals surface area contributed by atoms with Crippen LogP contribution in [0.15, 0.2) is 82.8 Å². The Hall–Kier alpha value is -4.07. The summed E-state index contributed by atoms with van der Waals surface area (Å²) in [6, 6.07) is 16.0. The van der Waals surface area contributed by atoms with Gasteiger partial charge in [-0.2, -0.15) is 4.98 Å². The molecule has 0 bridgehead atoms. The summed E-state index contributed by atoms with van der Waals surface area (Å²) in [4.78, 5) is 47.8. The van der Waals surface area contributed by atoms with Crippen molar-refractivity contribution >= 4 is 11.6 Å². The van der Waals surface area contributed by atoms with E-state index in [9.17, 15) is 14.4 Å². The highest BCUT2D eigenvalue weighted by Crippen LogP contribution is 2.16. The second-order valence-electron chi connectivity index (χ2n) is 6.80. The third-order valence-corrected chi connectivity index (χ3v) is 4.86. The number of carbonyl (C=O) groups is 1. The standard InChI is InChI=1S/C22H19N5O3/c1-25(17-6-3-2-4-7-17)19(28)15-26-13-5-8-18-20(26)24-22(30)27(21(18)29)14-16-9-11-23-12-10-16/h2-13H,14-15H2,1H3. The molecule has 2 aromatic rings. The van der Waals surface area contributed by atoms with Crippen molar-refractivity contribution in [3.63, 3.8) is 0 Å². The molecule has 0 radical (unpaired) electrons. The van der Waals surface area contributed by atoms with E-state index in [0.717, 1.165) is 15.8 Å². The van der Waals surface area contributed by atoms with E-state index in [1.165, 1.54) is 9.47 Å². The molecule has 0 unspecified atom stereocenters. The molecule has 0 aliphatic carbocycles. The number of para-hydroxylation sites is 1. The van der Waals surface area contributed by atoms with E-state index in [4.69, 9.17) is 0 Å². The second-order valence-corrected chi connectivity index (χ2v) is 6.80. The van der Waals surface area contributed by atoms with Gasteiger partial charge in [0.15, 0.2) is 5.82 Å². The number of aromatic nitrogens is 4. The molecule has 0 saturated carbocycles. The van der Waals surface area contributed by atoms with Crippen molar-refractivity contribution in [2.45, 2.75) is 13.1 Å². The van der Waals surface area contributed by atoms with Crippen LogP contribution >= 0.6 is 0 Å². The fourth-order valence-corrected chi connectivity index (χ4v) is 3.20. The van der Waals surface area contributed by atoms with Gasteiger partial charge in [0.25, 0.3) is 5.56 Å². The van der Waals surface area contributed by atoms with Crippen LogP contribution in [-0.4, -0.2) is 32.1 Å². The fourth-order valence-electron chi connectivity index (χ4n) is 3.20. The summed E-state index contributed by atoms with van der Waals surface area (Å²) in [5.74, 6) is -0.0118. The average molecular weight is 401 g/mol. The number of benzene rings is 1. The Morgan fingerprint density at radius 1 is 1.00 bits per heavy atom. The number of rotatable bonds is 5. The van der Waals surface area contributed by atoms with Crippen LogP contribution in [0.3, 0.4) is 0 Å². The highest BCUT2D eigenvalue weighted by Gasteiger charge is 2.19. The number of nitrogens with zero attached hydrogens (tertiary/aromatic N) is 5. The summed E-state index contributed by atoms with van der Waals surface area (Å²) >= 11 is 0. The molecule has 30 heavy (non-hydrogen) atoms. The maximum atomic E-state index is 12.9. The minimum atomic E-state index is -0.659. The van der Waals surface area contributed by atoms with Crippen molar-refractivity contribution in [1.29, 1.82) is 0 Å². The predicted octanol–water partition coefficient (Wildman–Crippen LogP) is 1.62. The summed E-state index contributed by atoms with van der Waals surface area (Å²) in [5, 5.41) is 0. The Kier molecular flexibility index (Phi) is 5.21. The van der Waals surface area contributed by atoms with E-state index in [1.54, 1.807) is 49.9 Å². The molecule has 8 nitrogen and oxygen atoms in total. The lowest BCUT2D eigenvalue weighted by Gasteiger charge is -2.20. The number of carbonyl (C=O) groups excluding carboxylic acids is 1. The molecular formula is C22H19N5O3. The van der Waals surface area contributed by atoms with Crippen LogP contribution in [0.1, 0.15) is 5.56 Å². The second kappa shape index (κ2) is 8.12. The number of hydrogen-bond acceptors (Lipinski definition) is 5. The monoisotopic (exact) mass is 401 g/mol. The number of hydrogen-bond donors (Lipinski definition) is 0. The van der Waals surface area contributed by atoms with Crippen LogP contribution in [0.4, 0.5) is 5.69 Å². The van der Waals surface area contributed by atoms with Crippen LogP contribution in [0.5, 0.6) is 0 Å². The van der Waals surface area contributed by atoms with Crippen molar-refractivity contribution < 1.29 is 4.79 Å². The smallest absolute Gasteiger partial charge is 0.323 e. The Morgan fingerprint density at radius 3 is 2.47 bits per heavy atom. The largest absolute Gasteiger partial charge is 0.352 e. The fraction of sp³-hybridized carbons (Fsp3) is 0.136. The predicted molar refractivity (Wildman–Crippen MR) is 113 cm³/mol. The number of pyridine rings is 2. The van der Waals surface area contributed by atoms with Gasteiger partial charge in [-0.25, -0.2) is 4.79 Å². The molecule has 1 aromatic heterocycles. The van der Waals surface area contributed by atoms with Crippen molar-refractivity contribution in [1.82, 2.24) is 19.1 Å². The van der Waals surface area contributed by atoms with Crippen LogP contribution in [0.2, 0.25) is 0 Å². The van der Waals surface area contributed by atoms with Crippen LogP contribution in [0.25, 0.3) is 11.4 Å². The lowest BCUT2D eigenvalue weighted by Crippen LogP contribution is -2.39. The van der Waals surface area contributed by atoms with Gasteiger partial charge in [0.2, 0.25) is 5.91 Å². The summed E-state index contributed by atoms with van der Waals surface area (Å²) in [7, 11) is 1.68. The average Bonchev–Trinajstić information content (AvgIpc) is 2.78. The molecule has 0 atom stereocenters. The number of amides is 1. The van der Waals surface area contributed by atoms with Crippen molar-refractivity contribution in [3.8, 4) is 11.4 Å². The lowest BCUT2D eigenvalue weighted by atomic mass is 10.2.